The summed E-state index contributed by atoms with van der Waals surface area (Å²) in [4.78, 5) is 12.2. The molecule has 5 nitrogen and oxygen atoms in total. The predicted octanol–water partition coefficient (Wildman–Crippen LogP) is 3.17. The molecule has 134 valence electrons. The Kier molecular flexibility index (Phi) is 6.33. The Morgan fingerprint density at radius 2 is 1.72 bits per heavy atom. The molecule has 0 aliphatic heterocycles. The number of benzene rings is 2. The average Bonchev–Trinajstić information content (AvgIpc) is 2.55. The first-order valence-electron chi connectivity index (χ1n) is 8.27. The molecular formula is C19H24N2O3S. The van der Waals surface area contributed by atoms with E-state index >= 15 is 0 Å². The molecule has 2 rings (SSSR count). The molecule has 2 N–H and O–H groups in total. The van der Waals surface area contributed by atoms with Crippen LogP contribution in [0.2, 0.25) is 0 Å². The number of nitrogens with one attached hydrogen (secondary N) is 2. The highest BCUT2D eigenvalue weighted by atomic mass is 32.2. The minimum atomic E-state index is -3.62. The number of rotatable bonds is 7. The highest BCUT2D eigenvalue weighted by molar-refractivity contribution is 7.89. The lowest BCUT2D eigenvalue weighted by molar-refractivity contribution is -0.116. The molecule has 1 amide bonds. The summed E-state index contributed by atoms with van der Waals surface area (Å²) in [5.74, 6) is -0.229. The van der Waals surface area contributed by atoms with E-state index in [-0.39, 0.29) is 23.8 Å². The Morgan fingerprint density at radius 1 is 1.04 bits per heavy atom. The van der Waals surface area contributed by atoms with Gasteiger partial charge in [0.15, 0.2) is 0 Å². The lowest BCUT2D eigenvalue weighted by atomic mass is 10.1. The number of hydrogen-bond donors (Lipinski definition) is 2. The number of amides is 1. The van der Waals surface area contributed by atoms with Gasteiger partial charge >= 0.3 is 0 Å². The summed E-state index contributed by atoms with van der Waals surface area (Å²) < 4.78 is 27.1. The van der Waals surface area contributed by atoms with Crippen molar-refractivity contribution in [1.29, 1.82) is 0 Å². The predicted molar refractivity (Wildman–Crippen MR) is 100 cm³/mol. The van der Waals surface area contributed by atoms with Gasteiger partial charge in [0.2, 0.25) is 15.9 Å². The van der Waals surface area contributed by atoms with Gasteiger partial charge in [-0.05, 0) is 49.6 Å². The van der Waals surface area contributed by atoms with Crippen molar-refractivity contribution in [3.05, 3.63) is 59.2 Å². The molecule has 0 radical (unpaired) electrons. The zero-order valence-corrected chi connectivity index (χ0v) is 15.6. The van der Waals surface area contributed by atoms with Crippen LogP contribution >= 0.6 is 0 Å². The van der Waals surface area contributed by atoms with E-state index in [1.807, 2.05) is 37.3 Å². The van der Waals surface area contributed by atoms with Crippen molar-refractivity contribution in [2.75, 3.05) is 11.9 Å². The summed E-state index contributed by atoms with van der Waals surface area (Å²) in [6.07, 6.45) is 1.01. The molecule has 25 heavy (non-hydrogen) atoms. The van der Waals surface area contributed by atoms with E-state index in [9.17, 15) is 13.2 Å². The SMILES string of the molecule is CCc1ccc(NC(=O)CCNS(=O)(=O)c2ccc(C)cc2C)cc1. The van der Waals surface area contributed by atoms with E-state index in [0.29, 0.717) is 11.3 Å². The molecule has 0 unspecified atom stereocenters. The molecule has 0 aliphatic carbocycles. The third-order valence-electron chi connectivity index (χ3n) is 3.91. The highest BCUT2D eigenvalue weighted by Crippen LogP contribution is 2.16. The Balaban J connectivity index is 1.89. The van der Waals surface area contributed by atoms with Crippen LogP contribution in [-0.2, 0) is 21.2 Å². The number of sulfonamides is 1. The van der Waals surface area contributed by atoms with E-state index in [1.54, 1.807) is 19.1 Å². The minimum Gasteiger partial charge on any atom is -0.326 e. The normalized spacial score (nSPS) is 11.3. The van der Waals surface area contributed by atoms with Crippen molar-refractivity contribution in [2.24, 2.45) is 0 Å². The van der Waals surface area contributed by atoms with Crippen LogP contribution in [0, 0.1) is 13.8 Å². The summed E-state index contributed by atoms with van der Waals surface area (Å²) in [6.45, 7) is 5.78. The van der Waals surface area contributed by atoms with E-state index in [1.165, 1.54) is 5.56 Å². The molecule has 2 aromatic rings. The van der Waals surface area contributed by atoms with Crippen molar-refractivity contribution >= 4 is 21.6 Å². The van der Waals surface area contributed by atoms with Gasteiger partial charge in [-0.1, -0.05) is 36.8 Å². The van der Waals surface area contributed by atoms with Gasteiger partial charge in [-0.25, -0.2) is 13.1 Å². The Morgan fingerprint density at radius 3 is 2.32 bits per heavy atom. The topological polar surface area (TPSA) is 75.3 Å². The number of aryl methyl sites for hydroxylation is 3. The smallest absolute Gasteiger partial charge is 0.240 e. The molecular weight excluding hydrogens is 336 g/mol. The number of hydrogen-bond acceptors (Lipinski definition) is 3. The maximum atomic E-state index is 12.3. The van der Waals surface area contributed by atoms with Gasteiger partial charge in [0, 0.05) is 18.7 Å². The Bertz CT molecular complexity index is 843. The van der Waals surface area contributed by atoms with Crippen molar-refractivity contribution in [3.63, 3.8) is 0 Å². The van der Waals surface area contributed by atoms with Gasteiger partial charge in [0.05, 0.1) is 4.90 Å². The zero-order valence-electron chi connectivity index (χ0n) is 14.8. The number of carbonyl (C=O) groups is 1. The summed E-state index contributed by atoms with van der Waals surface area (Å²) >= 11 is 0. The fraction of sp³-hybridized carbons (Fsp3) is 0.316. The lowest BCUT2D eigenvalue weighted by Crippen LogP contribution is -2.28. The van der Waals surface area contributed by atoms with Crippen LogP contribution in [0.3, 0.4) is 0 Å². The fourth-order valence-corrected chi connectivity index (χ4v) is 3.78. The third kappa shape index (κ3) is 5.41. The van der Waals surface area contributed by atoms with E-state index in [2.05, 4.69) is 17.0 Å². The van der Waals surface area contributed by atoms with Gasteiger partial charge in [-0.3, -0.25) is 4.79 Å². The third-order valence-corrected chi connectivity index (χ3v) is 5.53. The molecule has 0 aromatic heterocycles. The molecule has 0 atom stereocenters. The maximum Gasteiger partial charge on any atom is 0.240 e. The highest BCUT2D eigenvalue weighted by Gasteiger charge is 2.16. The number of carbonyl (C=O) groups excluding carboxylic acids is 1. The zero-order chi connectivity index (χ0) is 18.4. The van der Waals surface area contributed by atoms with Crippen LogP contribution in [0.25, 0.3) is 0 Å². The van der Waals surface area contributed by atoms with E-state index in [0.717, 1.165) is 12.0 Å². The van der Waals surface area contributed by atoms with Gasteiger partial charge in [-0.2, -0.15) is 0 Å². The van der Waals surface area contributed by atoms with Gasteiger partial charge in [0.1, 0.15) is 0 Å². The molecule has 0 saturated carbocycles. The minimum absolute atomic E-state index is 0.0501. The fourth-order valence-electron chi connectivity index (χ4n) is 2.52. The van der Waals surface area contributed by atoms with E-state index < -0.39 is 10.0 Å². The van der Waals surface area contributed by atoms with Crippen LogP contribution in [0.4, 0.5) is 5.69 Å². The molecule has 0 fully saturated rings. The van der Waals surface area contributed by atoms with Crippen molar-refractivity contribution in [3.8, 4) is 0 Å². The lowest BCUT2D eigenvalue weighted by Gasteiger charge is -2.10. The standard InChI is InChI=1S/C19H24N2O3S/c1-4-16-6-8-17(9-7-16)21-19(22)11-12-20-25(23,24)18-10-5-14(2)13-15(18)3/h5-10,13,20H,4,11-12H2,1-3H3,(H,21,22). The quantitative estimate of drug-likeness (QED) is 0.796. The van der Waals surface area contributed by atoms with Crippen LogP contribution in [0.15, 0.2) is 47.4 Å². The summed E-state index contributed by atoms with van der Waals surface area (Å²) in [5, 5.41) is 2.76. The second-order valence-corrected chi connectivity index (χ2v) is 7.75. The molecule has 0 saturated heterocycles. The van der Waals surface area contributed by atoms with Gasteiger partial charge < -0.3 is 5.32 Å². The molecule has 0 heterocycles. The van der Waals surface area contributed by atoms with Crippen molar-refractivity contribution in [2.45, 2.75) is 38.5 Å². The Hall–Kier alpha value is -2.18. The summed E-state index contributed by atoms with van der Waals surface area (Å²) in [5.41, 5.74) is 3.59. The first-order valence-corrected chi connectivity index (χ1v) is 9.76. The molecule has 6 heteroatoms. The van der Waals surface area contributed by atoms with Crippen molar-refractivity contribution in [1.82, 2.24) is 4.72 Å². The molecule has 0 spiro atoms. The van der Waals surface area contributed by atoms with Crippen LogP contribution in [-0.4, -0.2) is 20.9 Å². The second kappa shape index (κ2) is 8.27. The van der Waals surface area contributed by atoms with Crippen LogP contribution in [0.1, 0.15) is 30.0 Å². The molecule has 0 bridgehead atoms. The van der Waals surface area contributed by atoms with Gasteiger partial charge in [-0.15, -0.1) is 0 Å². The van der Waals surface area contributed by atoms with Gasteiger partial charge in [0.25, 0.3) is 0 Å². The average molecular weight is 360 g/mol. The number of anilines is 1. The maximum absolute atomic E-state index is 12.3. The summed E-state index contributed by atoms with van der Waals surface area (Å²) in [7, 11) is -3.62. The van der Waals surface area contributed by atoms with Crippen LogP contribution in [0.5, 0.6) is 0 Å². The van der Waals surface area contributed by atoms with Crippen molar-refractivity contribution < 1.29 is 13.2 Å². The first-order chi connectivity index (χ1) is 11.8. The summed E-state index contributed by atoms with van der Waals surface area (Å²) in [6, 6.07) is 12.8. The molecule has 2 aromatic carbocycles. The first kappa shape index (κ1) is 19.1. The largest absolute Gasteiger partial charge is 0.326 e. The second-order valence-electron chi connectivity index (χ2n) is 6.02. The van der Waals surface area contributed by atoms with Crippen LogP contribution < -0.4 is 10.0 Å². The Labute approximate surface area is 149 Å². The van der Waals surface area contributed by atoms with E-state index in [4.69, 9.17) is 0 Å². The monoisotopic (exact) mass is 360 g/mol. The molecule has 0 aliphatic rings.